The molecule has 0 spiro atoms. The first-order chi connectivity index (χ1) is 53.7. The molecule has 0 fully saturated rings. The van der Waals surface area contributed by atoms with Gasteiger partial charge >= 0.3 is 5.97 Å². The van der Waals surface area contributed by atoms with E-state index in [-0.39, 0.29) is 94.7 Å². The number of pyridine rings is 1. The van der Waals surface area contributed by atoms with E-state index in [9.17, 15) is 68.7 Å². The van der Waals surface area contributed by atoms with Crippen molar-refractivity contribution >= 4 is 145 Å². The molecule has 5 aliphatic rings. The molecule has 37 nitrogen and oxygen atoms in total. The lowest BCUT2D eigenvalue weighted by Crippen LogP contribution is -2.57. The molecule has 0 radical (unpaired) electrons. The van der Waals surface area contributed by atoms with E-state index in [1.807, 2.05) is 0 Å². The summed E-state index contributed by atoms with van der Waals surface area (Å²) in [5, 5.41) is 92.2. The molecule has 0 saturated carbocycles. The normalized spacial score (nSPS) is 26.9. The van der Waals surface area contributed by atoms with Gasteiger partial charge in [0.1, 0.15) is 113 Å². The number of aliphatic imine (C=N–C) groups is 2. The zero-order valence-electron chi connectivity index (χ0n) is 63.0. The van der Waals surface area contributed by atoms with Crippen LogP contribution in [0.1, 0.15) is 203 Å². The number of carbonyl (C=O) groups excluding carboxylic acids is 12. The average Bonchev–Trinajstić information content (AvgIpc) is 1.50. The molecule has 6 unspecified atom stereocenters. The molecule has 5 aromatic heterocycles. The number of nitrogens with one attached hydrogen (secondary N) is 11. The van der Waals surface area contributed by atoms with E-state index in [4.69, 9.17) is 25.4 Å². The van der Waals surface area contributed by atoms with Crippen molar-refractivity contribution in [2.75, 3.05) is 5.75 Å². The van der Waals surface area contributed by atoms with Gasteiger partial charge in [0.2, 0.25) is 29.5 Å². The summed E-state index contributed by atoms with van der Waals surface area (Å²) in [6.45, 7) is 24.9. The lowest BCUT2D eigenvalue weighted by atomic mass is 9.80. The fraction of sp³-hybridized carbons (Fsp3) is 0.431. The van der Waals surface area contributed by atoms with Gasteiger partial charge in [-0.25, -0.2) is 29.7 Å². The van der Waals surface area contributed by atoms with Gasteiger partial charge in [0, 0.05) is 32.8 Å². The van der Waals surface area contributed by atoms with Gasteiger partial charge in [0.25, 0.3) is 35.4 Å². The molecule has 606 valence electrons. The Kier molecular flexibility index (Phi) is 26.7. The summed E-state index contributed by atoms with van der Waals surface area (Å²) in [5.74, 6) is -12.2. The van der Waals surface area contributed by atoms with Gasteiger partial charge in [-0.05, 0) is 85.8 Å². The fourth-order valence-electron chi connectivity index (χ4n) is 12.3. The maximum Gasteiger partial charge on any atom is 0.357 e. The van der Waals surface area contributed by atoms with Crippen LogP contribution >= 0.6 is 57.1 Å². The number of primary amides is 1. The molecular weight excluding hydrogens is 1580 g/mol. The maximum absolute atomic E-state index is 15.4. The van der Waals surface area contributed by atoms with Crippen molar-refractivity contribution in [2.45, 2.75) is 185 Å². The Hall–Kier alpha value is -10.5. The molecule has 18 N–H and O–H groups in total. The number of hydrogen-bond acceptors (Lipinski definition) is 31. The first kappa shape index (κ1) is 85.9. The summed E-state index contributed by atoms with van der Waals surface area (Å²) >= 11 is 4.42. The number of nitrogens with zero attached hydrogens (tertiary/aromatic N) is 7. The molecular formula is C72H85N19O18S5. The van der Waals surface area contributed by atoms with E-state index in [0.29, 0.717) is 6.42 Å². The number of aromatic nitrogens is 5. The molecule has 42 heteroatoms. The Balaban J connectivity index is 1.18. The van der Waals surface area contributed by atoms with Gasteiger partial charge in [-0.3, -0.25) is 68.0 Å². The molecule has 5 aromatic rings. The molecule has 13 bridgehead atoms. The maximum atomic E-state index is 15.4. The molecule has 9 heterocycles. The topological polar surface area (TPSA) is 563 Å². The highest BCUT2D eigenvalue weighted by atomic mass is 32.2. The summed E-state index contributed by atoms with van der Waals surface area (Å²) in [7, 11) is 0. The molecule has 17 atom stereocenters. The minimum Gasteiger partial charge on any atom is -0.455 e. The molecule has 10 rings (SSSR count). The number of fused-ring (bicyclic) bond motifs is 7. The number of ether oxygens (including phenoxy) is 1. The molecule has 11 amide bonds. The van der Waals surface area contributed by atoms with Crippen LogP contribution in [0.25, 0.3) is 6.08 Å². The number of aliphatic hydroxyl groups is 5. The number of allylic oxidation sites excluding steroid dienone is 1. The number of thioether (sulfide) groups is 1. The van der Waals surface area contributed by atoms with Crippen LogP contribution in [0.15, 0.2) is 92.2 Å². The third-order valence-corrected chi connectivity index (χ3v) is 24.3. The van der Waals surface area contributed by atoms with E-state index in [1.165, 1.54) is 88.2 Å². The molecule has 4 aliphatic heterocycles. The van der Waals surface area contributed by atoms with Gasteiger partial charge in [0.05, 0.1) is 70.3 Å². The van der Waals surface area contributed by atoms with Gasteiger partial charge in [-0.15, -0.1) is 57.1 Å². The SMILES string of the molecule is C=C(NC(=O)C(=C)NC(=O)c1csc(C2=N[C@@H]3c4csc(n4)[C@H]4NC(=O)c5csc(n5)[C@H]([C@](C)(O)[C@@H](C)O)NC(=O)C5CSC(=N5)/C(=C/C)NC(=O)C([C@@H](C)O)NC(=O)c5csc(n5)[C@]3(CC2)NC(=O)[C@H](C)NC(=O)C(=C)NC(=O)[C@H](C)NC(=O)C([C@@H](C)CC)NC2C=Cc3c(C(C)O)cc(nc3[C@H]2O)C(=O)OC4C)n1)C(N)=O. The second kappa shape index (κ2) is 35.5. The average molecular weight is 1660 g/mol. The van der Waals surface area contributed by atoms with Gasteiger partial charge in [-0.1, -0.05) is 58.2 Å². The first-order valence-corrected chi connectivity index (χ1v) is 40.1. The van der Waals surface area contributed by atoms with Crippen molar-refractivity contribution in [1.29, 1.82) is 0 Å². The smallest absolute Gasteiger partial charge is 0.357 e. The Morgan fingerprint density at radius 3 is 2.12 bits per heavy atom. The number of thiazole rings is 4. The van der Waals surface area contributed by atoms with Crippen molar-refractivity contribution in [2.24, 2.45) is 21.6 Å². The molecule has 1 aliphatic carbocycles. The minimum absolute atomic E-state index is 0.0158. The van der Waals surface area contributed by atoms with Crippen LogP contribution < -0.4 is 64.2 Å². The molecule has 0 saturated heterocycles. The predicted molar refractivity (Wildman–Crippen MR) is 418 cm³/mol. The van der Waals surface area contributed by atoms with Gasteiger partial charge < -0.3 is 89.2 Å². The van der Waals surface area contributed by atoms with E-state index in [2.05, 4.69) is 98.2 Å². The van der Waals surface area contributed by atoms with Crippen molar-refractivity contribution in [1.82, 2.24) is 83.4 Å². The monoisotopic (exact) mass is 1660 g/mol. The van der Waals surface area contributed by atoms with Crippen molar-refractivity contribution in [3.63, 3.8) is 0 Å². The quantitative estimate of drug-likeness (QED) is 0.0606. The van der Waals surface area contributed by atoms with Crippen LogP contribution in [0.2, 0.25) is 0 Å². The van der Waals surface area contributed by atoms with Crippen LogP contribution in [-0.2, 0) is 48.6 Å². The molecule has 114 heavy (non-hydrogen) atoms. The van der Waals surface area contributed by atoms with Gasteiger partial charge in [-0.2, -0.15) is 0 Å². The van der Waals surface area contributed by atoms with Crippen molar-refractivity contribution < 1.29 is 87.8 Å². The predicted octanol–water partition coefficient (Wildman–Crippen LogP) is 0.774. The van der Waals surface area contributed by atoms with Gasteiger partial charge in [0.15, 0.2) is 0 Å². The second-order valence-corrected chi connectivity index (χ2v) is 32.3. The highest BCUT2D eigenvalue weighted by molar-refractivity contribution is 8.14. The lowest BCUT2D eigenvalue weighted by molar-refractivity contribution is -0.131. The summed E-state index contributed by atoms with van der Waals surface area (Å²) in [6, 6.07) is -11.6. The Morgan fingerprint density at radius 2 is 1.45 bits per heavy atom. The highest BCUT2D eigenvalue weighted by Crippen LogP contribution is 2.48. The summed E-state index contributed by atoms with van der Waals surface area (Å²) in [4.78, 5) is 204. The number of esters is 1. The number of rotatable bonds is 12. The number of amides is 11. The zero-order valence-corrected chi connectivity index (χ0v) is 67.1. The summed E-state index contributed by atoms with van der Waals surface area (Å²) < 4.78 is 6.26. The molecule has 0 aromatic carbocycles. The number of carbonyl (C=O) groups is 12. The number of nitrogens with two attached hydrogens (primary N) is 1. The Labute approximate surface area is 671 Å². The largest absolute Gasteiger partial charge is 0.455 e. The number of hydrogen-bond donors (Lipinski definition) is 17. The Morgan fingerprint density at radius 1 is 0.763 bits per heavy atom. The van der Waals surface area contributed by atoms with Crippen molar-refractivity contribution in [3.05, 3.63) is 148 Å². The summed E-state index contributed by atoms with van der Waals surface area (Å²) in [6.07, 6.45) is -3.18. The second-order valence-electron chi connectivity index (χ2n) is 27.8. The van der Waals surface area contributed by atoms with Crippen LogP contribution in [0, 0.1) is 5.92 Å². The standard InChI is InChI=1S/C72H85N19O18S5/c1-14-26(3)47-63(105)78-30(7)57(99)75-28(5)56(98)76-31(8)58(100)91-72-19-18-40(66-85-43(22-111-66)59(101)77-29(6)55(97)74-27(4)54(73)96)81-52(72)42-21-112-67(83-42)49(34(11)109-69(107)41-20-37(32(9)92)36-16-17-39(79-47)51(95)50(36)80-41)89-60(102)44-24-113-68(86-44)53(71(13,108)35(12)94)90-62(104)45-23-110-65(84-45)38(15-2)82-64(106)48(33(10)93)88-61(103)46-25-114-70(72)87-46/h15-17,20-22,24-26,30-35,39,45,47-49,51-53,79,92-95,108H,4-6,14,18-19,23H2,1-3,7-13H3,(H2,73,96)(H,74,97)(H,75,99)(H,76,98)(H,77,101)(H,78,105)(H,82,106)(H,88,103)(H,89,102)(H,90,104)(H,91,100)/b38-15-/t26-,30-,31-,32?,33+,34?,35+,39?,45?,47?,48?,49-,51-,52+,53+,71+,72+/m0/s1. The lowest BCUT2D eigenvalue weighted by Gasteiger charge is -2.41. The summed E-state index contributed by atoms with van der Waals surface area (Å²) in [5.41, 5.74) is -1.79. The Bertz CT molecular complexity index is 4880. The third-order valence-electron chi connectivity index (χ3n) is 19.5. The van der Waals surface area contributed by atoms with E-state index < -0.39 is 196 Å². The van der Waals surface area contributed by atoms with Crippen LogP contribution in [0.5, 0.6) is 0 Å². The highest BCUT2D eigenvalue weighted by Gasteiger charge is 2.51. The van der Waals surface area contributed by atoms with E-state index in [1.54, 1.807) is 26.8 Å². The minimum atomic E-state index is -2.21. The van der Waals surface area contributed by atoms with Crippen LogP contribution in [-0.4, -0.2) is 198 Å². The number of aliphatic hydroxyl groups excluding tert-OH is 4. The number of cyclic esters (lactones) is 1. The van der Waals surface area contributed by atoms with Crippen LogP contribution in [0.4, 0.5) is 0 Å². The van der Waals surface area contributed by atoms with E-state index in [0.717, 1.165) is 57.1 Å². The first-order valence-electron chi connectivity index (χ1n) is 35.6. The van der Waals surface area contributed by atoms with Crippen LogP contribution in [0.3, 0.4) is 0 Å². The zero-order chi connectivity index (χ0) is 83.4. The fourth-order valence-corrected chi connectivity index (χ4v) is 17.2. The van der Waals surface area contributed by atoms with E-state index >= 15 is 14.4 Å². The third kappa shape index (κ3) is 18.6. The van der Waals surface area contributed by atoms with Crippen molar-refractivity contribution in [3.8, 4) is 0 Å².